The monoisotopic (exact) mass is 308 g/mol. The molecule has 1 N–H and O–H groups in total. The number of benzene rings is 1. The van der Waals surface area contributed by atoms with Gasteiger partial charge in [-0.15, -0.1) is 11.8 Å². The van der Waals surface area contributed by atoms with Crippen molar-refractivity contribution in [1.29, 1.82) is 0 Å². The molecule has 0 radical (unpaired) electrons. The van der Waals surface area contributed by atoms with Gasteiger partial charge in [0.25, 0.3) is 5.91 Å². The summed E-state index contributed by atoms with van der Waals surface area (Å²) in [4.78, 5) is 27.3. The van der Waals surface area contributed by atoms with E-state index < -0.39 is 6.04 Å². The highest BCUT2D eigenvalue weighted by Crippen LogP contribution is 2.17. The van der Waals surface area contributed by atoms with Crippen LogP contribution in [-0.4, -0.2) is 55.3 Å². The van der Waals surface area contributed by atoms with Crippen LogP contribution < -0.4 is 5.32 Å². The molecule has 1 saturated heterocycles. The highest BCUT2D eigenvalue weighted by molar-refractivity contribution is 7.98. The van der Waals surface area contributed by atoms with Crippen molar-refractivity contribution < 1.29 is 14.3 Å². The largest absolute Gasteiger partial charge is 0.464 e. The van der Waals surface area contributed by atoms with Crippen molar-refractivity contribution in [2.45, 2.75) is 17.9 Å². The quantitative estimate of drug-likeness (QED) is 0.673. The molecule has 1 heterocycles. The van der Waals surface area contributed by atoms with Gasteiger partial charge in [-0.05, 0) is 37.4 Å². The van der Waals surface area contributed by atoms with Gasteiger partial charge in [-0.25, -0.2) is 4.79 Å². The zero-order valence-electron chi connectivity index (χ0n) is 12.3. The number of nitrogens with one attached hydrogen (secondary N) is 1. The second kappa shape index (κ2) is 7.47. The molecule has 1 aromatic rings. The molecule has 2 rings (SSSR count). The molecule has 1 amide bonds. The van der Waals surface area contributed by atoms with Crippen LogP contribution in [0.25, 0.3) is 0 Å². The number of rotatable bonds is 4. The van der Waals surface area contributed by atoms with E-state index >= 15 is 0 Å². The van der Waals surface area contributed by atoms with E-state index in [1.165, 1.54) is 0 Å². The van der Waals surface area contributed by atoms with E-state index in [-0.39, 0.29) is 11.9 Å². The van der Waals surface area contributed by atoms with Crippen LogP contribution in [0.4, 0.5) is 0 Å². The number of hydrogen-bond acceptors (Lipinski definition) is 5. The van der Waals surface area contributed by atoms with E-state index in [0.717, 1.165) is 4.90 Å². The molecule has 21 heavy (non-hydrogen) atoms. The average molecular weight is 308 g/mol. The topological polar surface area (TPSA) is 58.6 Å². The number of amides is 1. The lowest BCUT2D eigenvalue weighted by Crippen LogP contribution is -2.57. The predicted molar refractivity (Wildman–Crippen MR) is 82.6 cm³/mol. The summed E-state index contributed by atoms with van der Waals surface area (Å²) in [5.74, 6) is -0.471. The molecule has 0 saturated carbocycles. The van der Waals surface area contributed by atoms with E-state index in [1.54, 1.807) is 35.7 Å². The van der Waals surface area contributed by atoms with E-state index in [0.29, 0.717) is 31.8 Å². The third-order valence-electron chi connectivity index (χ3n) is 3.40. The smallest absolute Gasteiger partial charge is 0.330 e. The van der Waals surface area contributed by atoms with Crippen LogP contribution in [0.5, 0.6) is 0 Å². The molecule has 5 nitrogen and oxygen atoms in total. The summed E-state index contributed by atoms with van der Waals surface area (Å²) >= 11 is 1.63. The summed E-state index contributed by atoms with van der Waals surface area (Å²) in [6, 6.07) is 6.89. The Morgan fingerprint density at radius 3 is 2.71 bits per heavy atom. The predicted octanol–water partition coefficient (Wildman–Crippen LogP) is 1.39. The average Bonchev–Trinajstić information content (AvgIpc) is 2.54. The summed E-state index contributed by atoms with van der Waals surface area (Å²) in [5, 5.41) is 3.13. The van der Waals surface area contributed by atoms with Crippen LogP contribution in [0, 0.1) is 0 Å². The summed E-state index contributed by atoms with van der Waals surface area (Å²) in [6.45, 7) is 3.71. The summed E-state index contributed by atoms with van der Waals surface area (Å²) < 4.78 is 5.06. The molecule has 6 heteroatoms. The number of esters is 1. The molecule has 0 spiro atoms. The minimum atomic E-state index is -0.550. The Hall–Kier alpha value is -1.53. The minimum Gasteiger partial charge on any atom is -0.464 e. The third-order valence-corrected chi connectivity index (χ3v) is 4.14. The molecular formula is C15H20N2O3S. The van der Waals surface area contributed by atoms with Gasteiger partial charge in [-0.3, -0.25) is 4.79 Å². The van der Waals surface area contributed by atoms with Crippen molar-refractivity contribution in [2.75, 3.05) is 32.5 Å². The minimum absolute atomic E-state index is 0.123. The second-order valence-electron chi connectivity index (χ2n) is 4.70. The summed E-state index contributed by atoms with van der Waals surface area (Å²) in [6.07, 6.45) is 1.99. The van der Waals surface area contributed by atoms with Gasteiger partial charge in [0.2, 0.25) is 0 Å². The molecule has 1 aromatic carbocycles. The Morgan fingerprint density at radius 1 is 1.38 bits per heavy atom. The maximum atomic E-state index is 12.6. The van der Waals surface area contributed by atoms with E-state index in [4.69, 9.17) is 4.74 Å². The first-order chi connectivity index (χ1) is 10.2. The first kappa shape index (κ1) is 15.9. The zero-order valence-corrected chi connectivity index (χ0v) is 13.1. The van der Waals surface area contributed by atoms with Crippen molar-refractivity contribution in [1.82, 2.24) is 10.2 Å². The molecule has 1 atom stereocenters. The number of carbonyl (C=O) groups is 2. The SMILES string of the molecule is CCOC(=O)C1CNCCN1C(=O)c1ccc(SC)cc1. The first-order valence-corrected chi connectivity index (χ1v) is 8.22. The number of ether oxygens (including phenoxy) is 1. The molecule has 1 fully saturated rings. The van der Waals surface area contributed by atoms with Gasteiger partial charge >= 0.3 is 5.97 Å². The lowest BCUT2D eigenvalue weighted by atomic mass is 10.1. The van der Waals surface area contributed by atoms with Crippen molar-refractivity contribution in [2.24, 2.45) is 0 Å². The second-order valence-corrected chi connectivity index (χ2v) is 5.58. The molecule has 1 unspecified atom stereocenters. The fourth-order valence-electron chi connectivity index (χ4n) is 2.30. The van der Waals surface area contributed by atoms with Crippen LogP contribution >= 0.6 is 11.8 Å². The van der Waals surface area contributed by atoms with E-state index in [1.807, 2.05) is 18.4 Å². The Bertz CT molecular complexity index is 504. The molecule has 1 aliphatic heterocycles. The van der Waals surface area contributed by atoms with Gasteiger partial charge in [0.15, 0.2) is 0 Å². The number of hydrogen-bond donors (Lipinski definition) is 1. The third kappa shape index (κ3) is 3.77. The van der Waals surface area contributed by atoms with Crippen LogP contribution in [0.15, 0.2) is 29.2 Å². The number of carbonyl (C=O) groups excluding carboxylic acids is 2. The Kier molecular flexibility index (Phi) is 5.64. The molecule has 0 aliphatic carbocycles. The zero-order chi connectivity index (χ0) is 15.2. The number of nitrogens with zero attached hydrogens (tertiary/aromatic N) is 1. The van der Waals surface area contributed by atoms with Gasteiger partial charge in [0, 0.05) is 30.1 Å². The van der Waals surface area contributed by atoms with Crippen molar-refractivity contribution >= 4 is 23.6 Å². The molecule has 1 aliphatic rings. The van der Waals surface area contributed by atoms with Crippen LogP contribution in [0.2, 0.25) is 0 Å². The van der Waals surface area contributed by atoms with Gasteiger partial charge in [0.05, 0.1) is 6.61 Å². The fraction of sp³-hybridized carbons (Fsp3) is 0.467. The molecular weight excluding hydrogens is 288 g/mol. The first-order valence-electron chi connectivity index (χ1n) is 6.99. The molecule has 0 aromatic heterocycles. The lowest BCUT2D eigenvalue weighted by Gasteiger charge is -2.34. The summed E-state index contributed by atoms with van der Waals surface area (Å²) in [5.41, 5.74) is 0.601. The van der Waals surface area contributed by atoms with Crippen molar-refractivity contribution in [3.05, 3.63) is 29.8 Å². The normalized spacial score (nSPS) is 18.4. The van der Waals surface area contributed by atoms with Gasteiger partial charge in [0.1, 0.15) is 6.04 Å². The number of piperazine rings is 1. The Morgan fingerprint density at radius 2 is 2.10 bits per heavy atom. The lowest BCUT2D eigenvalue weighted by molar-refractivity contribution is -0.149. The van der Waals surface area contributed by atoms with Crippen LogP contribution in [-0.2, 0) is 9.53 Å². The van der Waals surface area contributed by atoms with Crippen LogP contribution in [0.1, 0.15) is 17.3 Å². The van der Waals surface area contributed by atoms with Gasteiger partial charge < -0.3 is 15.0 Å². The highest BCUT2D eigenvalue weighted by Gasteiger charge is 2.33. The highest BCUT2D eigenvalue weighted by atomic mass is 32.2. The molecule has 0 bridgehead atoms. The van der Waals surface area contributed by atoms with E-state index in [2.05, 4.69) is 5.32 Å². The Labute approximate surface area is 129 Å². The standard InChI is InChI=1S/C15H20N2O3S/c1-3-20-15(19)13-10-16-8-9-17(13)14(18)11-4-6-12(21-2)7-5-11/h4-7,13,16H,3,8-10H2,1-2H3. The molecule has 114 valence electrons. The van der Waals surface area contributed by atoms with E-state index in [9.17, 15) is 9.59 Å². The van der Waals surface area contributed by atoms with Crippen LogP contribution in [0.3, 0.4) is 0 Å². The van der Waals surface area contributed by atoms with Crippen molar-refractivity contribution in [3.63, 3.8) is 0 Å². The maximum Gasteiger partial charge on any atom is 0.330 e. The van der Waals surface area contributed by atoms with Crippen molar-refractivity contribution in [3.8, 4) is 0 Å². The maximum absolute atomic E-state index is 12.6. The fourth-order valence-corrected chi connectivity index (χ4v) is 2.70. The van der Waals surface area contributed by atoms with Gasteiger partial charge in [-0.1, -0.05) is 0 Å². The number of thioether (sulfide) groups is 1. The van der Waals surface area contributed by atoms with Gasteiger partial charge in [-0.2, -0.15) is 0 Å². The summed E-state index contributed by atoms with van der Waals surface area (Å²) in [7, 11) is 0. The Balaban J connectivity index is 2.15.